The number of imidazole rings is 1. The van der Waals surface area contributed by atoms with E-state index in [1.54, 1.807) is 11.6 Å². The lowest BCUT2D eigenvalue weighted by Gasteiger charge is -2.26. The Morgan fingerprint density at radius 1 is 1.12 bits per heavy atom. The van der Waals surface area contributed by atoms with Gasteiger partial charge in [-0.1, -0.05) is 6.42 Å². The second-order valence-electron chi connectivity index (χ2n) is 6.30. The number of hydrogen-bond donors (Lipinski definition) is 1. The molecule has 0 atom stereocenters. The van der Waals surface area contributed by atoms with E-state index < -0.39 is 17.2 Å². The minimum Gasteiger partial charge on any atom is -0.368 e. The van der Waals surface area contributed by atoms with Crippen LogP contribution in [0.4, 0.5) is 0 Å². The van der Waals surface area contributed by atoms with Crippen molar-refractivity contribution in [2.75, 3.05) is 13.1 Å². The van der Waals surface area contributed by atoms with Crippen LogP contribution >= 0.6 is 0 Å². The quantitative estimate of drug-likeness (QED) is 0.764. The Labute approximate surface area is 138 Å². The van der Waals surface area contributed by atoms with Gasteiger partial charge in [0.25, 0.3) is 5.56 Å². The molecule has 0 unspecified atom stereocenters. The molecule has 9 nitrogen and oxygen atoms in total. The first-order valence-corrected chi connectivity index (χ1v) is 8.06. The van der Waals surface area contributed by atoms with Crippen molar-refractivity contribution in [2.24, 2.45) is 19.8 Å². The van der Waals surface area contributed by atoms with Crippen LogP contribution in [0.15, 0.2) is 9.59 Å². The third-order valence-electron chi connectivity index (χ3n) is 4.55. The van der Waals surface area contributed by atoms with Gasteiger partial charge in [-0.15, -0.1) is 0 Å². The number of amides is 1. The number of hydrogen-bond acceptors (Lipinski definition) is 5. The molecule has 3 rings (SSSR count). The smallest absolute Gasteiger partial charge is 0.332 e. The maximum absolute atomic E-state index is 12.5. The maximum atomic E-state index is 12.5. The zero-order valence-corrected chi connectivity index (χ0v) is 14.0. The molecule has 0 spiro atoms. The third-order valence-corrected chi connectivity index (χ3v) is 4.55. The van der Waals surface area contributed by atoms with E-state index in [0.717, 1.165) is 30.5 Å². The van der Waals surface area contributed by atoms with Crippen molar-refractivity contribution in [3.8, 4) is 0 Å². The number of primary amides is 1. The zero-order valence-electron chi connectivity index (χ0n) is 14.0. The number of likely N-dealkylation sites (tertiary alicyclic amines) is 1. The minimum atomic E-state index is -0.551. The van der Waals surface area contributed by atoms with Crippen molar-refractivity contribution >= 4 is 17.1 Å². The SMILES string of the molecule is Cn1c(=O)c2c(nc(CN3CCCCC3)n2CC(N)=O)n(C)c1=O. The van der Waals surface area contributed by atoms with Crippen molar-refractivity contribution < 1.29 is 4.79 Å². The van der Waals surface area contributed by atoms with Gasteiger partial charge in [0.1, 0.15) is 12.4 Å². The molecule has 9 heteroatoms. The van der Waals surface area contributed by atoms with Crippen LogP contribution in [0, 0.1) is 0 Å². The molecule has 0 saturated carbocycles. The summed E-state index contributed by atoms with van der Waals surface area (Å²) in [7, 11) is 2.98. The van der Waals surface area contributed by atoms with E-state index in [0.29, 0.717) is 12.4 Å². The monoisotopic (exact) mass is 334 g/mol. The van der Waals surface area contributed by atoms with Crippen molar-refractivity contribution in [1.82, 2.24) is 23.6 Å². The summed E-state index contributed by atoms with van der Waals surface area (Å²) < 4.78 is 3.90. The van der Waals surface area contributed by atoms with Gasteiger partial charge in [-0.2, -0.15) is 0 Å². The topological polar surface area (TPSA) is 108 Å². The standard InChI is InChI=1S/C15H22N6O3/c1-18-13-12(14(23)19(2)15(18)24)21(8-10(16)22)11(17-13)9-20-6-4-3-5-7-20/h3-9H2,1-2H3,(H2,16,22). The average molecular weight is 334 g/mol. The molecule has 1 amide bonds. The molecule has 3 heterocycles. The highest BCUT2D eigenvalue weighted by Gasteiger charge is 2.22. The molecule has 24 heavy (non-hydrogen) atoms. The van der Waals surface area contributed by atoms with E-state index in [1.165, 1.54) is 18.0 Å². The number of fused-ring (bicyclic) bond motifs is 1. The third kappa shape index (κ3) is 2.75. The fourth-order valence-corrected chi connectivity index (χ4v) is 3.26. The Bertz CT molecular complexity index is 901. The predicted molar refractivity (Wildman–Crippen MR) is 88.5 cm³/mol. The molecule has 2 N–H and O–H groups in total. The molecule has 0 bridgehead atoms. The zero-order chi connectivity index (χ0) is 17.4. The first-order valence-electron chi connectivity index (χ1n) is 8.06. The van der Waals surface area contributed by atoms with Crippen LogP contribution in [-0.2, 0) is 32.0 Å². The summed E-state index contributed by atoms with van der Waals surface area (Å²) in [5, 5.41) is 0. The van der Waals surface area contributed by atoms with Crippen molar-refractivity contribution in [3.63, 3.8) is 0 Å². The Kier molecular flexibility index (Phi) is 4.27. The van der Waals surface area contributed by atoms with Crippen molar-refractivity contribution in [2.45, 2.75) is 32.4 Å². The first kappa shape index (κ1) is 16.4. The molecule has 1 aliphatic rings. The van der Waals surface area contributed by atoms with Gasteiger partial charge in [-0.25, -0.2) is 9.78 Å². The summed E-state index contributed by atoms with van der Waals surface area (Å²) in [6.07, 6.45) is 3.45. The molecule has 1 saturated heterocycles. The molecule has 1 fully saturated rings. The molecule has 1 aliphatic heterocycles. The van der Waals surface area contributed by atoms with Crippen LogP contribution in [0.5, 0.6) is 0 Å². The van der Waals surface area contributed by atoms with Gasteiger partial charge in [-0.3, -0.25) is 23.6 Å². The summed E-state index contributed by atoms with van der Waals surface area (Å²) >= 11 is 0. The molecule has 2 aromatic heterocycles. The Hall–Kier alpha value is -2.42. The van der Waals surface area contributed by atoms with E-state index in [1.807, 2.05) is 0 Å². The van der Waals surface area contributed by atoms with Gasteiger partial charge < -0.3 is 10.3 Å². The summed E-state index contributed by atoms with van der Waals surface area (Å²) in [6.45, 7) is 2.31. The fraction of sp³-hybridized carbons (Fsp3) is 0.600. The number of nitrogens with two attached hydrogens (primary N) is 1. The second kappa shape index (κ2) is 6.23. The van der Waals surface area contributed by atoms with Crippen LogP contribution < -0.4 is 17.0 Å². The van der Waals surface area contributed by atoms with Crippen LogP contribution in [0.3, 0.4) is 0 Å². The molecular formula is C15H22N6O3. The van der Waals surface area contributed by atoms with Crippen LogP contribution in [-0.4, -0.2) is 42.6 Å². The predicted octanol–water partition coefficient (Wildman–Crippen LogP) is -1.10. The van der Waals surface area contributed by atoms with Crippen LogP contribution in [0.25, 0.3) is 11.2 Å². The normalized spacial score (nSPS) is 15.9. The fourth-order valence-electron chi connectivity index (χ4n) is 3.26. The van der Waals surface area contributed by atoms with Crippen LogP contribution in [0.1, 0.15) is 25.1 Å². The van der Waals surface area contributed by atoms with Crippen molar-refractivity contribution in [1.29, 1.82) is 0 Å². The molecule has 0 aliphatic carbocycles. The maximum Gasteiger partial charge on any atom is 0.332 e. The lowest BCUT2D eigenvalue weighted by molar-refractivity contribution is -0.118. The van der Waals surface area contributed by atoms with E-state index in [2.05, 4.69) is 9.88 Å². The van der Waals surface area contributed by atoms with Gasteiger partial charge in [0.15, 0.2) is 11.2 Å². The Morgan fingerprint density at radius 3 is 2.42 bits per heavy atom. The number of carbonyl (C=O) groups excluding carboxylic acids is 1. The number of nitrogens with zero attached hydrogens (tertiary/aromatic N) is 5. The molecular weight excluding hydrogens is 312 g/mol. The number of carbonyl (C=O) groups is 1. The van der Waals surface area contributed by atoms with E-state index >= 15 is 0 Å². The van der Waals surface area contributed by atoms with Gasteiger partial charge in [0.05, 0.1) is 6.54 Å². The van der Waals surface area contributed by atoms with Gasteiger partial charge in [0, 0.05) is 14.1 Å². The number of piperidine rings is 1. The summed E-state index contributed by atoms with van der Waals surface area (Å²) in [4.78, 5) is 42.9. The van der Waals surface area contributed by atoms with E-state index in [4.69, 9.17) is 5.73 Å². The number of aromatic nitrogens is 4. The Balaban J connectivity index is 2.18. The van der Waals surface area contributed by atoms with Crippen LogP contribution in [0.2, 0.25) is 0 Å². The first-order chi connectivity index (χ1) is 11.4. The highest BCUT2D eigenvalue weighted by molar-refractivity contribution is 5.78. The minimum absolute atomic E-state index is 0.132. The van der Waals surface area contributed by atoms with Crippen molar-refractivity contribution in [3.05, 3.63) is 26.7 Å². The van der Waals surface area contributed by atoms with Gasteiger partial charge in [-0.05, 0) is 25.9 Å². The summed E-state index contributed by atoms with van der Waals surface area (Å²) in [5.74, 6) is 0.0362. The van der Waals surface area contributed by atoms with Gasteiger partial charge in [0.2, 0.25) is 5.91 Å². The number of aryl methyl sites for hydroxylation is 1. The average Bonchev–Trinajstić information content (AvgIpc) is 2.90. The lowest BCUT2D eigenvalue weighted by Crippen LogP contribution is -2.38. The van der Waals surface area contributed by atoms with Gasteiger partial charge >= 0.3 is 5.69 Å². The largest absolute Gasteiger partial charge is 0.368 e. The molecule has 0 radical (unpaired) electrons. The number of rotatable bonds is 4. The highest BCUT2D eigenvalue weighted by Crippen LogP contribution is 2.16. The lowest BCUT2D eigenvalue weighted by atomic mass is 10.1. The summed E-state index contributed by atoms with van der Waals surface area (Å²) in [6, 6.07) is 0. The molecule has 2 aromatic rings. The second-order valence-corrected chi connectivity index (χ2v) is 6.30. The highest BCUT2D eigenvalue weighted by atomic mass is 16.2. The molecule has 0 aromatic carbocycles. The summed E-state index contributed by atoms with van der Waals surface area (Å²) in [5.41, 5.74) is 4.97. The Morgan fingerprint density at radius 2 is 1.79 bits per heavy atom. The van der Waals surface area contributed by atoms with E-state index in [9.17, 15) is 14.4 Å². The van der Waals surface area contributed by atoms with E-state index in [-0.39, 0.29) is 17.7 Å². The molecule has 130 valence electrons.